The molecule has 8 aromatic carbocycles. The monoisotopic (exact) mass is 912 g/mol. The van der Waals surface area contributed by atoms with Crippen molar-refractivity contribution in [2.24, 2.45) is 0 Å². The van der Waals surface area contributed by atoms with E-state index in [4.69, 9.17) is 18.9 Å². The standard InChI is InChI=1S/4C14H12O3/c4*1-17-11-7-8-12(13(15)9-11)14(16)10-5-3-2-4-6-10/h4*2-9,15H,1H3. The molecule has 0 atom stereocenters. The summed E-state index contributed by atoms with van der Waals surface area (Å²) >= 11 is 0. The number of methoxy groups -OCH3 is 4. The molecule has 0 saturated carbocycles. The maximum absolute atomic E-state index is 12.1. The Balaban J connectivity index is 0.000000169. The highest BCUT2D eigenvalue weighted by atomic mass is 16.5. The van der Waals surface area contributed by atoms with Crippen molar-refractivity contribution in [3.8, 4) is 46.0 Å². The van der Waals surface area contributed by atoms with E-state index in [0.29, 0.717) is 45.3 Å². The van der Waals surface area contributed by atoms with E-state index < -0.39 is 0 Å². The van der Waals surface area contributed by atoms with Gasteiger partial charge in [-0.25, -0.2) is 0 Å². The number of hydrogen-bond acceptors (Lipinski definition) is 12. The minimum atomic E-state index is -0.203. The van der Waals surface area contributed by atoms with Gasteiger partial charge in [-0.2, -0.15) is 0 Å². The molecule has 0 bridgehead atoms. The number of phenolic OH excluding ortho intramolecular Hbond substituents is 4. The third-order valence-electron chi connectivity index (χ3n) is 9.94. The first-order chi connectivity index (χ1) is 32.9. The molecule has 8 rings (SSSR count). The maximum atomic E-state index is 12.1. The smallest absolute Gasteiger partial charge is 0.196 e. The highest BCUT2D eigenvalue weighted by Crippen LogP contribution is 2.29. The molecular weight excluding hydrogens is 865 g/mol. The molecule has 12 nitrogen and oxygen atoms in total. The fourth-order valence-corrected chi connectivity index (χ4v) is 6.30. The second kappa shape index (κ2) is 24.8. The van der Waals surface area contributed by atoms with Gasteiger partial charge in [0.15, 0.2) is 23.1 Å². The molecule has 0 heterocycles. The fourth-order valence-electron chi connectivity index (χ4n) is 6.30. The van der Waals surface area contributed by atoms with Gasteiger partial charge in [-0.1, -0.05) is 121 Å². The number of phenols is 4. The molecule has 8 aromatic rings. The molecule has 0 amide bonds. The summed E-state index contributed by atoms with van der Waals surface area (Å²) in [5.74, 6) is 0.985. The van der Waals surface area contributed by atoms with Gasteiger partial charge in [0, 0.05) is 46.5 Å². The summed E-state index contributed by atoms with van der Waals surface area (Å²) in [6.07, 6.45) is 0. The molecule has 0 saturated heterocycles. The lowest BCUT2D eigenvalue weighted by molar-refractivity contribution is 0.102. The first kappa shape index (κ1) is 49.8. The molecule has 0 unspecified atom stereocenters. The SMILES string of the molecule is COc1ccc(C(=O)c2ccccc2)c(O)c1.COc1ccc(C(=O)c2ccccc2)c(O)c1.COc1ccc(C(=O)c2ccccc2)c(O)c1.COc1ccc(C(=O)c2ccccc2)c(O)c1. The molecule has 344 valence electrons. The van der Waals surface area contributed by atoms with Crippen molar-refractivity contribution in [1.29, 1.82) is 0 Å². The van der Waals surface area contributed by atoms with Gasteiger partial charge in [0.1, 0.15) is 46.0 Å². The molecule has 0 spiro atoms. The third-order valence-corrected chi connectivity index (χ3v) is 9.94. The summed E-state index contributed by atoms with van der Waals surface area (Å²) in [4.78, 5) is 48.3. The van der Waals surface area contributed by atoms with E-state index in [1.807, 2.05) is 24.3 Å². The minimum Gasteiger partial charge on any atom is -0.507 e. The van der Waals surface area contributed by atoms with Crippen molar-refractivity contribution in [2.45, 2.75) is 0 Å². The van der Waals surface area contributed by atoms with E-state index in [1.54, 1.807) is 146 Å². The summed E-state index contributed by atoms with van der Waals surface area (Å²) in [5.41, 5.74) is 3.30. The number of ketones is 4. The Morgan fingerprint density at radius 1 is 0.279 bits per heavy atom. The predicted molar refractivity (Wildman–Crippen MR) is 258 cm³/mol. The van der Waals surface area contributed by atoms with Crippen LogP contribution in [-0.4, -0.2) is 72.0 Å². The molecule has 0 radical (unpaired) electrons. The summed E-state index contributed by atoms with van der Waals surface area (Å²) in [5, 5.41) is 39.0. The number of carbonyl (C=O) groups is 4. The van der Waals surface area contributed by atoms with Crippen LogP contribution in [-0.2, 0) is 0 Å². The maximum Gasteiger partial charge on any atom is 0.196 e. The molecule has 68 heavy (non-hydrogen) atoms. The van der Waals surface area contributed by atoms with Gasteiger partial charge >= 0.3 is 0 Å². The Bertz CT molecular complexity index is 2530. The van der Waals surface area contributed by atoms with Gasteiger partial charge in [0.2, 0.25) is 0 Å². The van der Waals surface area contributed by atoms with E-state index in [2.05, 4.69) is 0 Å². The van der Waals surface area contributed by atoms with Crippen molar-refractivity contribution in [3.63, 3.8) is 0 Å². The Morgan fingerprint density at radius 2 is 0.456 bits per heavy atom. The van der Waals surface area contributed by atoms with E-state index in [9.17, 15) is 39.6 Å². The second-order valence-electron chi connectivity index (χ2n) is 14.3. The van der Waals surface area contributed by atoms with Crippen LogP contribution in [0, 0.1) is 0 Å². The Hall–Kier alpha value is -9.16. The molecule has 0 fully saturated rings. The van der Waals surface area contributed by atoms with Crippen LogP contribution in [0.4, 0.5) is 0 Å². The molecule has 0 aromatic heterocycles. The van der Waals surface area contributed by atoms with Gasteiger partial charge in [0.25, 0.3) is 0 Å². The van der Waals surface area contributed by atoms with Crippen LogP contribution >= 0.6 is 0 Å². The number of hydrogen-bond donors (Lipinski definition) is 4. The molecule has 4 N–H and O–H groups in total. The van der Waals surface area contributed by atoms with Crippen LogP contribution in [0.3, 0.4) is 0 Å². The summed E-state index contributed by atoms with van der Waals surface area (Å²) in [7, 11) is 6.03. The topological polar surface area (TPSA) is 186 Å². The molecule has 0 aliphatic heterocycles. The molecular formula is C56H48O12. The van der Waals surface area contributed by atoms with E-state index in [-0.39, 0.29) is 68.4 Å². The Morgan fingerprint density at radius 3 is 0.603 bits per heavy atom. The number of benzene rings is 8. The molecule has 12 heteroatoms. The lowest BCUT2D eigenvalue weighted by atomic mass is 10.0. The van der Waals surface area contributed by atoms with Crippen LogP contribution < -0.4 is 18.9 Å². The van der Waals surface area contributed by atoms with Gasteiger partial charge < -0.3 is 39.4 Å². The molecule has 0 aliphatic rings. The normalized spacial score (nSPS) is 9.94. The fraction of sp³-hybridized carbons (Fsp3) is 0.0714. The van der Waals surface area contributed by atoms with Crippen molar-refractivity contribution in [3.05, 3.63) is 239 Å². The van der Waals surface area contributed by atoms with Crippen molar-refractivity contribution in [1.82, 2.24) is 0 Å². The average molecular weight is 913 g/mol. The van der Waals surface area contributed by atoms with Crippen LogP contribution in [0.25, 0.3) is 0 Å². The van der Waals surface area contributed by atoms with Crippen molar-refractivity contribution >= 4 is 23.1 Å². The Kier molecular flexibility index (Phi) is 18.2. The first-order valence-corrected chi connectivity index (χ1v) is 20.8. The first-order valence-electron chi connectivity index (χ1n) is 20.8. The second-order valence-corrected chi connectivity index (χ2v) is 14.3. The third kappa shape index (κ3) is 13.4. The van der Waals surface area contributed by atoms with Crippen LogP contribution in [0.2, 0.25) is 0 Å². The Labute approximate surface area is 393 Å². The number of carbonyl (C=O) groups excluding carboxylic acids is 4. The van der Waals surface area contributed by atoms with Crippen LogP contribution in [0.1, 0.15) is 63.7 Å². The van der Waals surface area contributed by atoms with E-state index in [0.717, 1.165) is 0 Å². The minimum absolute atomic E-state index is 0.0711. The van der Waals surface area contributed by atoms with Gasteiger partial charge in [0.05, 0.1) is 50.7 Å². The lowest BCUT2D eigenvalue weighted by Gasteiger charge is -2.06. The number of aromatic hydroxyl groups is 4. The average Bonchev–Trinajstić information content (AvgIpc) is 3.39. The van der Waals surface area contributed by atoms with Gasteiger partial charge in [-0.15, -0.1) is 0 Å². The summed E-state index contributed by atoms with van der Waals surface area (Å²) < 4.78 is 19.9. The zero-order chi connectivity index (χ0) is 49.0. The van der Waals surface area contributed by atoms with Crippen LogP contribution in [0.15, 0.2) is 194 Å². The predicted octanol–water partition coefficient (Wildman–Crippen LogP) is 10.5. The number of rotatable bonds is 12. The van der Waals surface area contributed by atoms with E-state index in [1.165, 1.54) is 52.7 Å². The largest absolute Gasteiger partial charge is 0.507 e. The van der Waals surface area contributed by atoms with E-state index >= 15 is 0 Å². The highest BCUT2D eigenvalue weighted by molar-refractivity contribution is 6.12. The summed E-state index contributed by atoms with van der Waals surface area (Å²) in [6, 6.07) is 53.9. The van der Waals surface area contributed by atoms with Gasteiger partial charge in [-0.05, 0) is 48.5 Å². The zero-order valence-electron chi connectivity index (χ0n) is 37.5. The van der Waals surface area contributed by atoms with Gasteiger partial charge in [-0.3, -0.25) is 19.2 Å². The lowest BCUT2D eigenvalue weighted by Crippen LogP contribution is -2.01. The highest BCUT2D eigenvalue weighted by Gasteiger charge is 2.17. The van der Waals surface area contributed by atoms with Crippen molar-refractivity contribution < 1.29 is 58.6 Å². The number of ether oxygens (including phenoxy) is 4. The van der Waals surface area contributed by atoms with Crippen LogP contribution in [0.5, 0.6) is 46.0 Å². The zero-order valence-corrected chi connectivity index (χ0v) is 37.5. The van der Waals surface area contributed by atoms with Crippen molar-refractivity contribution in [2.75, 3.05) is 28.4 Å². The summed E-state index contributed by atoms with van der Waals surface area (Å²) in [6.45, 7) is 0. The molecule has 0 aliphatic carbocycles. The quantitative estimate of drug-likeness (QED) is 0.0851.